The third-order valence-electron chi connectivity index (χ3n) is 1.39. The molecule has 0 radical (unpaired) electrons. The molecule has 0 saturated heterocycles. The molecule has 0 rings (SSSR count). The Morgan fingerprint density at radius 3 is 2.31 bits per heavy atom. The van der Waals surface area contributed by atoms with Crippen LogP contribution in [0.1, 0.15) is 15.3 Å². The summed E-state index contributed by atoms with van der Waals surface area (Å²) in [5.74, 6) is -0.273. The van der Waals surface area contributed by atoms with E-state index in [-0.39, 0.29) is 13.7 Å². The third-order valence-corrected chi connectivity index (χ3v) is 2.11. The zero-order chi connectivity index (χ0) is 12.9. The first-order chi connectivity index (χ1) is 7.56. The fraction of sp³-hybridized carbons (Fsp3) is 1.00. The molecule has 0 aliphatic carbocycles. The van der Waals surface area contributed by atoms with Gasteiger partial charge >= 0.3 is 0 Å². The first-order valence-corrected chi connectivity index (χ1v) is 6.90. The summed E-state index contributed by atoms with van der Waals surface area (Å²) >= 11 is 0. The van der Waals surface area contributed by atoms with E-state index in [1.165, 1.54) is 0 Å². The lowest BCUT2D eigenvalue weighted by Crippen LogP contribution is -2.26. The van der Waals surface area contributed by atoms with Crippen LogP contribution in [0.5, 0.6) is 0 Å². The summed E-state index contributed by atoms with van der Waals surface area (Å²) in [4.78, 5) is 0. The van der Waals surface area contributed by atoms with Gasteiger partial charge in [-0.25, -0.2) is 0 Å². The molecular formula is C9H25NO5S. The molecule has 16 heavy (non-hydrogen) atoms. The maximum atomic E-state index is 10.3. The monoisotopic (exact) mass is 259 g/mol. The van der Waals surface area contributed by atoms with Crippen molar-refractivity contribution in [1.82, 2.24) is 5.32 Å². The minimum Gasteiger partial charge on any atom is -0.382 e. The van der Waals surface area contributed by atoms with Crippen LogP contribution in [0, 0.1) is 0 Å². The van der Waals surface area contributed by atoms with Crippen molar-refractivity contribution in [3.05, 3.63) is 0 Å². The second-order valence-corrected chi connectivity index (χ2v) is 4.21. The molecule has 0 aliphatic heterocycles. The van der Waals surface area contributed by atoms with E-state index >= 15 is 0 Å². The van der Waals surface area contributed by atoms with E-state index in [4.69, 9.17) is 14.0 Å². The summed E-state index contributed by atoms with van der Waals surface area (Å²) in [6.07, 6.45) is 0. The molecule has 0 spiro atoms. The van der Waals surface area contributed by atoms with Gasteiger partial charge in [0, 0.05) is 21.6 Å². The molecule has 0 aromatic carbocycles. The van der Waals surface area contributed by atoms with Crippen molar-refractivity contribution in [2.45, 2.75) is 13.8 Å². The van der Waals surface area contributed by atoms with Crippen molar-refractivity contribution in [3.63, 3.8) is 0 Å². The quantitative estimate of drug-likeness (QED) is 0.460. The molecule has 0 heterocycles. The van der Waals surface area contributed by atoms with Crippen LogP contribution in [0.15, 0.2) is 0 Å². The van der Waals surface area contributed by atoms with Gasteiger partial charge in [-0.2, -0.15) is 8.42 Å². The molecular weight excluding hydrogens is 234 g/mol. The Morgan fingerprint density at radius 1 is 1.19 bits per heavy atom. The van der Waals surface area contributed by atoms with Crippen LogP contribution in [0.4, 0.5) is 0 Å². The molecule has 0 aliphatic rings. The van der Waals surface area contributed by atoms with E-state index in [1.807, 2.05) is 13.8 Å². The maximum absolute atomic E-state index is 10.3. The lowest BCUT2D eigenvalue weighted by Gasteiger charge is -2.04. The molecule has 7 heteroatoms. The fourth-order valence-electron chi connectivity index (χ4n) is 0.715. The van der Waals surface area contributed by atoms with Gasteiger partial charge in [0.15, 0.2) is 0 Å². The predicted molar refractivity (Wildman–Crippen MR) is 65.4 cm³/mol. The highest BCUT2D eigenvalue weighted by molar-refractivity contribution is 7.85. The highest BCUT2D eigenvalue weighted by Crippen LogP contribution is 1.79. The van der Waals surface area contributed by atoms with Crippen LogP contribution < -0.4 is 5.32 Å². The van der Waals surface area contributed by atoms with Gasteiger partial charge in [-0.3, -0.25) is 4.55 Å². The molecule has 0 atom stereocenters. The zero-order valence-electron chi connectivity index (χ0n) is 10.2. The predicted octanol–water partition coefficient (Wildman–Crippen LogP) is 0.399. The lowest BCUT2D eigenvalue weighted by molar-refractivity contribution is 0.0722. The van der Waals surface area contributed by atoms with Crippen molar-refractivity contribution in [1.29, 1.82) is 0 Å². The fourth-order valence-corrected chi connectivity index (χ4v) is 1.12. The summed E-state index contributed by atoms with van der Waals surface area (Å²) in [7, 11) is -2.26. The van der Waals surface area contributed by atoms with Gasteiger partial charge in [0.05, 0.1) is 25.6 Å². The summed E-state index contributed by atoms with van der Waals surface area (Å²) in [6, 6.07) is 0. The van der Waals surface area contributed by atoms with Crippen molar-refractivity contribution < 1.29 is 23.9 Å². The number of hydrogen-bond acceptors (Lipinski definition) is 5. The molecule has 0 aromatic heterocycles. The van der Waals surface area contributed by atoms with E-state index in [0.29, 0.717) is 26.4 Å². The van der Waals surface area contributed by atoms with E-state index in [1.54, 1.807) is 7.11 Å². The van der Waals surface area contributed by atoms with Crippen molar-refractivity contribution in [3.8, 4) is 0 Å². The molecule has 0 bridgehead atoms. The Morgan fingerprint density at radius 2 is 1.81 bits per heavy atom. The third kappa shape index (κ3) is 19.4. The standard InChI is InChI=1S/C7H17NO5S.C2H6.H2/c1-12-5-6-13-4-2-8-3-7-14(9,10)11;1-2;/h8H,2-7H2,1H3,(H,9,10,11);1-2H3;1H. The van der Waals surface area contributed by atoms with Gasteiger partial charge < -0.3 is 14.8 Å². The van der Waals surface area contributed by atoms with Crippen LogP contribution >= 0.6 is 0 Å². The lowest BCUT2D eigenvalue weighted by atomic mass is 10.6. The van der Waals surface area contributed by atoms with Crippen LogP contribution in [0.2, 0.25) is 0 Å². The average Bonchev–Trinajstić information content (AvgIpc) is 2.23. The largest absolute Gasteiger partial charge is 0.382 e. The second kappa shape index (κ2) is 12.9. The Kier molecular flexibility index (Phi) is 14.6. The van der Waals surface area contributed by atoms with Gasteiger partial charge in [-0.1, -0.05) is 13.8 Å². The number of ether oxygens (including phenoxy) is 2. The average molecular weight is 259 g/mol. The highest BCUT2D eigenvalue weighted by Gasteiger charge is 2.01. The normalized spacial score (nSPS) is 10.8. The van der Waals surface area contributed by atoms with E-state index in [0.717, 1.165) is 0 Å². The molecule has 0 amide bonds. The molecule has 2 N–H and O–H groups in total. The Labute approximate surface area is 99.6 Å². The minimum atomic E-state index is -3.85. The molecule has 0 saturated carbocycles. The smallest absolute Gasteiger partial charge is 0.266 e. The number of methoxy groups -OCH3 is 1. The highest BCUT2D eigenvalue weighted by atomic mass is 32.2. The van der Waals surface area contributed by atoms with Gasteiger partial charge in [-0.05, 0) is 0 Å². The maximum Gasteiger partial charge on any atom is 0.266 e. The molecule has 0 aromatic rings. The number of hydrogen-bond donors (Lipinski definition) is 2. The van der Waals surface area contributed by atoms with E-state index in [9.17, 15) is 8.42 Å². The second-order valence-electron chi connectivity index (χ2n) is 2.64. The first-order valence-electron chi connectivity index (χ1n) is 5.29. The van der Waals surface area contributed by atoms with Crippen molar-refractivity contribution in [2.75, 3.05) is 45.8 Å². The molecule has 0 unspecified atom stereocenters. The summed E-state index contributed by atoms with van der Waals surface area (Å²) in [5.41, 5.74) is 0. The van der Waals surface area contributed by atoms with Crippen LogP contribution in [-0.2, 0) is 19.6 Å². The molecule has 6 nitrogen and oxygen atoms in total. The summed E-state index contributed by atoms with van der Waals surface area (Å²) < 4.78 is 38.8. The zero-order valence-corrected chi connectivity index (χ0v) is 11.0. The first kappa shape index (κ1) is 18.2. The Hall–Kier alpha value is -0.210. The molecule has 102 valence electrons. The topological polar surface area (TPSA) is 84.9 Å². The molecule has 0 fully saturated rings. The van der Waals surface area contributed by atoms with Gasteiger partial charge in [0.25, 0.3) is 10.1 Å². The van der Waals surface area contributed by atoms with E-state index < -0.39 is 10.1 Å². The minimum absolute atomic E-state index is 0. The van der Waals surface area contributed by atoms with Gasteiger partial charge in [0.2, 0.25) is 0 Å². The van der Waals surface area contributed by atoms with Crippen molar-refractivity contribution >= 4 is 10.1 Å². The van der Waals surface area contributed by atoms with E-state index in [2.05, 4.69) is 5.32 Å². The number of rotatable bonds is 9. The van der Waals surface area contributed by atoms with Gasteiger partial charge in [-0.15, -0.1) is 0 Å². The Balaban J connectivity index is -0.000000616. The SMILES string of the molecule is CC.COCCOCCNCCS(=O)(=O)O.[HH]. The van der Waals surface area contributed by atoms with Crippen molar-refractivity contribution in [2.24, 2.45) is 0 Å². The summed E-state index contributed by atoms with van der Waals surface area (Å²) in [6.45, 7) is 6.35. The van der Waals surface area contributed by atoms with Crippen LogP contribution in [0.25, 0.3) is 0 Å². The van der Waals surface area contributed by atoms with Gasteiger partial charge in [0.1, 0.15) is 0 Å². The van der Waals surface area contributed by atoms with Crippen LogP contribution in [0.3, 0.4) is 0 Å². The van der Waals surface area contributed by atoms with Crippen LogP contribution in [-0.4, -0.2) is 58.7 Å². The summed E-state index contributed by atoms with van der Waals surface area (Å²) in [5, 5.41) is 2.81. The number of nitrogens with one attached hydrogen (secondary N) is 1. The Bertz CT molecular complexity index is 223.